The van der Waals surface area contributed by atoms with E-state index in [-0.39, 0.29) is 23.3 Å². The third kappa shape index (κ3) is 5.46. The Morgan fingerprint density at radius 3 is 2.49 bits per heavy atom. The molecule has 4 aromatic rings. The van der Waals surface area contributed by atoms with Gasteiger partial charge in [0.25, 0.3) is 5.91 Å². The zero-order valence-corrected chi connectivity index (χ0v) is 22.2. The molecule has 0 bridgehead atoms. The minimum absolute atomic E-state index is 0.0134. The number of halogens is 4. The first kappa shape index (κ1) is 27.1. The van der Waals surface area contributed by atoms with E-state index in [0.717, 1.165) is 24.5 Å². The smallest absolute Gasteiger partial charge is 0.481 e. The van der Waals surface area contributed by atoms with Crippen LogP contribution in [-0.4, -0.2) is 44.2 Å². The number of benzene rings is 2. The summed E-state index contributed by atoms with van der Waals surface area (Å²) in [4.78, 5) is 28.4. The van der Waals surface area contributed by atoms with E-state index in [1.807, 2.05) is 12.1 Å². The molecule has 1 amide bonds. The number of nitrogens with zero attached hydrogens (tertiary/aromatic N) is 3. The van der Waals surface area contributed by atoms with Gasteiger partial charge in [-0.05, 0) is 54.9 Å². The number of alkyl halides is 3. The van der Waals surface area contributed by atoms with Crippen molar-refractivity contribution in [3.8, 4) is 17.1 Å². The zero-order valence-electron chi connectivity index (χ0n) is 21.5. The minimum Gasteiger partial charge on any atom is -0.481 e. The number of carboxylic acid groups (broad SMARTS) is 1. The maximum atomic E-state index is 13.3. The Bertz CT molecular complexity index is 1640. The number of carbonyl (C=O) groups excluding carboxylic acids is 1. The summed E-state index contributed by atoms with van der Waals surface area (Å²) in [6, 6.07) is 14.6. The number of pyridine rings is 1. The number of ether oxygens (including phenoxy) is 1. The molecule has 2 aromatic heterocycles. The average molecular weight is 585 g/mol. The molecule has 2 aliphatic carbocycles. The van der Waals surface area contributed by atoms with Gasteiger partial charge in [0.05, 0.1) is 40.5 Å². The molecule has 2 aromatic carbocycles. The lowest BCUT2D eigenvalue weighted by Crippen LogP contribution is -2.57. The van der Waals surface area contributed by atoms with Gasteiger partial charge in [0, 0.05) is 23.1 Å². The summed E-state index contributed by atoms with van der Waals surface area (Å²) in [5.41, 5.74) is 2.82. The normalized spacial score (nSPS) is 21.8. The summed E-state index contributed by atoms with van der Waals surface area (Å²) >= 11 is 6.42. The standard InChI is InChI=1S/C29H24ClF3N4O4/c30-22-9-8-20(26(38)35-19-12-28(13-19)10-18(11-28)27(39)40)25-21(22)14-34-37(25)15-16-4-6-17(7-5-16)23-2-1-3-24(36-23)41-29(31,32)33/h1-9,14,18-19H,10-13,15H2,(H,35,38)(H,39,40). The van der Waals surface area contributed by atoms with Crippen molar-refractivity contribution in [2.45, 2.75) is 44.6 Å². The molecule has 2 aliphatic rings. The van der Waals surface area contributed by atoms with Gasteiger partial charge in [-0.15, -0.1) is 13.2 Å². The number of carbonyl (C=O) groups is 2. The van der Waals surface area contributed by atoms with Crippen molar-refractivity contribution in [1.82, 2.24) is 20.1 Å². The van der Waals surface area contributed by atoms with Crippen LogP contribution in [0.4, 0.5) is 13.2 Å². The summed E-state index contributed by atoms with van der Waals surface area (Å²) in [6.07, 6.45) is -0.362. The number of fused-ring (bicyclic) bond motifs is 1. The van der Waals surface area contributed by atoms with Crippen molar-refractivity contribution >= 4 is 34.4 Å². The Balaban J connectivity index is 1.17. The summed E-state index contributed by atoms with van der Waals surface area (Å²) in [7, 11) is 0. The van der Waals surface area contributed by atoms with Crippen molar-refractivity contribution in [3.63, 3.8) is 0 Å². The number of hydrogen-bond donors (Lipinski definition) is 2. The Kier molecular flexibility index (Phi) is 6.64. The highest BCUT2D eigenvalue weighted by atomic mass is 35.5. The lowest BCUT2D eigenvalue weighted by molar-refractivity contribution is -0.276. The van der Waals surface area contributed by atoms with Gasteiger partial charge in [-0.2, -0.15) is 5.10 Å². The molecular formula is C29H24ClF3N4O4. The second kappa shape index (κ2) is 10.1. The van der Waals surface area contributed by atoms with Crippen molar-refractivity contribution in [3.05, 3.63) is 76.9 Å². The fraction of sp³-hybridized carbons (Fsp3) is 0.310. The summed E-state index contributed by atoms with van der Waals surface area (Å²) in [5, 5.41) is 17.8. The quantitative estimate of drug-likeness (QED) is 0.273. The Morgan fingerprint density at radius 1 is 1.07 bits per heavy atom. The van der Waals surface area contributed by atoms with Gasteiger partial charge in [0.15, 0.2) is 0 Å². The molecule has 6 rings (SSSR count). The summed E-state index contributed by atoms with van der Waals surface area (Å²) in [5.74, 6) is -1.82. The molecule has 2 fully saturated rings. The van der Waals surface area contributed by atoms with E-state index < -0.39 is 18.2 Å². The highest BCUT2D eigenvalue weighted by Crippen LogP contribution is 2.58. The number of nitrogens with one attached hydrogen (secondary N) is 1. The van der Waals surface area contributed by atoms with Gasteiger partial charge in [-0.1, -0.05) is 41.9 Å². The van der Waals surface area contributed by atoms with Gasteiger partial charge in [-0.25, -0.2) is 4.98 Å². The molecule has 212 valence electrons. The van der Waals surface area contributed by atoms with Crippen LogP contribution in [0.5, 0.6) is 5.88 Å². The van der Waals surface area contributed by atoms with Gasteiger partial charge in [0.2, 0.25) is 5.88 Å². The second-order valence-electron chi connectivity index (χ2n) is 10.8. The third-order valence-electron chi connectivity index (χ3n) is 7.92. The number of rotatable bonds is 7. The molecule has 12 heteroatoms. The van der Waals surface area contributed by atoms with E-state index in [0.29, 0.717) is 52.1 Å². The van der Waals surface area contributed by atoms with Crippen molar-refractivity contribution in [2.24, 2.45) is 11.3 Å². The lowest BCUT2D eigenvalue weighted by atomic mass is 9.50. The molecule has 0 unspecified atom stereocenters. The molecule has 2 saturated carbocycles. The van der Waals surface area contributed by atoms with E-state index in [1.54, 1.807) is 41.2 Å². The average Bonchev–Trinajstić information content (AvgIpc) is 3.28. The number of carboxylic acids is 1. The SMILES string of the molecule is O=C(NC1CC2(C1)CC(C(=O)O)C2)c1ccc(Cl)c2cnn(Cc3ccc(-c4cccc(OC(F)(F)F)n4)cc3)c12. The number of hydrogen-bond acceptors (Lipinski definition) is 5. The number of aromatic nitrogens is 3. The van der Waals surface area contributed by atoms with E-state index >= 15 is 0 Å². The van der Waals surface area contributed by atoms with Crippen LogP contribution in [0, 0.1) is 11.3 Å². The fourth-order valence-corrected chi connectivity index (χ4v) is 6.22. The van der Waals surface area contributed by atoms with Gasteiger partial charge < -0.3 is 15.2 Å². The monoisotopic (exact) mass is 584 g/mol. The van der Waals surface area contributed by atoms with Gasteiger partial charge >= 0.3 is 12.3 Å². The zero-order chi connectivity index (χ0) is 28.9. The highest BCUT2D eigenvalue weighted by Gasteiger charge is 2.55. The van der Waals surface area contributed by atoms with Crippen molar-refractivity contribution < 1.29 is 32.6 Å². The Labute approximate surface area is 237 Å². The summed E-state index contributed by atoms with van der Waals surface area (Å²) < 4.78 is 43.3. The number of aliphatic carboxylic acids is 1. The molecule has 2 heterocycles. The highest BCUT2D eigenvalue weighted by molar-refractivity contribution is 6.36. The second-order valence-corrected chi connectivity index (χ2v) is 11.2. The maximum absolute atomic E-state index is 13.3. The van der Waals surface area contributed by atoms with Crippen molar-refractivity contribution in [1.29, 1.82) is 0 Å². The molecule has 8 nitrogen and oxygen atoms in total. The lowest BCUT2D eigenvalue weighted by Gasteiger charge is -2.56. The third-order valence-corrected chi connectivity index (χ3v) is 8.25. The number of amides is 1. The van der Waals surface area contributed by atoms with E-state index in [2.05, 4.69) is 20.1 Å². The Hall–Kier alpha value is -4.12. The molecule has 2 N–H and O–H groups in total. The predicted octanol–water partition coefficient (Wildman–Crippen LogP) is 6.07. The first-order valence-electron chi connectivity index (χ1n) is 13.0. The van der Waals surface area contributed by atoms with E-state index in [1.165, 1.54) is 6.07 Å². The molecular weight excluding hydrogens is 561 g/mol. The first-order valence-corrected chi connectivity index (χ1v) is 13.4. The van der Waals surface area contributed by atoms with E-state index in [9.17, 15) is 22.8 Å². The molecule has 41 heavy (non-hydrogen) atoms. The molecule has 0 saturated heterocycles. The molecule has 0 aliphatic heterocycles. The topological polar surface area (TPSA) is 106 Å². The van der Waals surface area contributed by atoms with Crippen LogP contribution in [0.3, 0.4) is 0 Å². The van der Waals surface area contributed by atoms with Crippen LogP contribution in [0.15, 0.2) is 60.8 Å². The van der Waals surface area contributed by atoms with Gasteiger partial charge in [0.1, 0.15) is 0 Å². The van der Waals surface area contributed by atoms with Crippen LogP contribution in [0.1, 0.15) is 41.6 Å². The van der Waals surface area contributed by atoms with Crippen LogP contribution in [0.2, 0.25) is 5.02 Å². The van der Waals surface area contributed by atoms with Crippen LogP contribution < -0.4 is 10.1 Å². The van der Waals surface area contributed by atoms with E-state index in [4.69, 9.17) is 16.7 Å². The van der Waals surface area contributed by atoms with Crippen molar-refractivity contribution in [2.75, 3.05) is 0 Å². The molecule has 0 radical (unpaired) electrons. The predicted molar refractivity (Wildman–Crippen MR) is 143 cm³/mol. The molecule has 1 spiro atoms. The van der Waals surface area contributed by atoms with Crippen LogP contribution >= 0.6 is 11.6 Å². The molecule has 0 atom stereocenters. The first-order chi connectivity index (χ1) is 19.5. The van der Waals surface area contributed by atoms with Crippen LogP contribution in [0.25, 0.3) is 22.2 Å². The largest absolute Gasteiger partial charge is 0.574 e. The maximum Gasteiger partial charge on any atom is 0.574 e. The van der Waals surface area contributed by atoms with Crippen LogP contribution in [-0.2, 0) is 11.3 Å². The Morgan fingerprint density at radius 2 is 1.80 bits per heavy atom. The minimum atomic E-state index is -4.83. The van der Waals surface area contributed by atoms with Gasteiger partial charge in [-0.3, -0.25) is 14.3 Å². The fourth-order valence-electron chi connectivity index (χ4n) is 6.02. The summed E-state index contributed by atoms with van der Waals surface area (Å²) in [6.45, 7) is 0.318.